The highest BCUT2D eigenvalue weighted by Crippen LogP contribution is 2.32. The molecule has 0 aromatic heterocycles. The number of carbonyl (C=O) groups is 2. The molecule has 152 valence electrons. The average molecular weight is 386 g/mol. The topological polar surface area (TPSA) is 61.8 Å². The second kappa shape index (κ2) is 8.18. The smallest absolute Gasteiger partial charge is 0.338 e. The number of esters is 1. The van der Waals surface area contributed by atoms with E-state index in [4.69, 9.17) is 14.2 Å². The Labute approximate surface area is 167 Å². The number of ketones is 1. The maximum atomic E-state index is 12.8. The standard InChI is InChI=1S/C23H30O5/c1-14-12-15(2)20-17(13-14)9-7-11-19-21(28-23(4,5)27-19)18(24)10-6-8-16(3)26-22(20)25/h6,10,12-13,16,19,21H,7-9,11H2,1-5H3/b10-6-/t16-,19-,21+/m0/s1. The van der Waals surface area contributed by atoms with E-state index >= 15 is 0 Å². The molecule has 0 saturated carbocycles. The lowest BCUT2D eigenvalue weighted by Crippen LogP contribution is -2.30. The van der Waals surface area contributed by atoms with Crippen molar-refractivity contribution >= 4 is 11.8 Å². The first-order valence-electron chi connectivity index (χ1n) is 10.0. The summed E-state index contributed by atoms with van der Waals surface area (Å²) >= 11 is 0. The minimum Gasteiger partial charge on any atom is -0.459 e. The van der Waals surface area contributed by atoms with Gasteiger partial charge in [0.15, 0.2) is 11.6 Å². The summed E-state index contributed by atoms with van der Waals surface area (Å²) in [7, 11) is 0. The molecule has 2 heterocycles. The summed E-state index contributed by atoms with van der Waals surface area (Å²) < 4.78 is 17.5. The molecule has 1 saturated heterocycles. The molecule has 0 unspecified atom stereocenters. The van der Waals surface area contributed by atoms with Crippen LogP contribution in [0.1, 0.15) is 67.1 Å². The van der Waals surface area contributed by atoms with Crippen LogP contribution in [0, 0.1) is 13.8 Å². The highest BCUT2D eigenvalue weighted by Gasteiger charge is 2.43. The third kappa shape index (κ3) is 4.70. The number of aryl methyl sites for hydroxylation is 3. The number of hydrogen-bond donors (Lipinski definition) is 0. The molecular weight excluding hydrogens is 356 g/mol. The number of fused-ring (bicyclic) bond motifs is 2. The van der Waals surface area contributed by atoms with Crippen molar-refractivity contribution in [3.05, 3.63) is 46.5 Å². The van der Waals surface area contributed by atoms with Crippen LogP contribution in [0.25, 0.3) is 0 Å². The van der Waals surface area contributed by atoms with Crippen molar-refractivity contribution < 1.29 is 23.8 Å². The molecule has 2 aliphatic heterocycles. The minimum absolute atomic E-state index is 0.0988. The number of hydrogen-bond acceptors (Lipinski definition) is 5. The summed E-state index contributed by atoms with van der Waals surface area (Å²) in [5.74, 6) is -1.17. The first-order valence-corrected chi connectivity index (χ1v) is 10.0. The highest BCUT2D eigenvalue weighted by molar-refractivity contribution is 5.94. The van der Waals surface area contributed by atoms with Gasteiger partial charge in [0.05, 0.1) is 11.7 Å². The van der Waals surface area contributed by atoms with E-state index in [0.717, 1.165) is 29.5 Å². The van der Waals surface area contributed by atoms with Gasteiger partial charge in [-0.05, 0) is 71.1 Å². The predicted octanol–water partition coefficient (Wildman–Crippen LogP) is 4.22. The zero-order valence-electron chi connectivity index (χ0n) is 17.4. The van der Waals surface area contributed by atoms with Crippen molar-refractivity contribution in [2.75, 3.05) is 0 Å². The molecular formula is C23H30O5. The van der Waals surface area contributed by atoms with E-state index < -0.39 is 11.9 Å². The fourth-order valence-electron chi connectivity index (χ4n) is 4.09. The van der Waals surface area contributed by atoms with Crippen LogP contribution in [0.3, 0.4) is 0 Å². The minimum atomic E-state index is -0.774. The monoisotopic (exact) mass is 386 g/mol. The fourth-order valence-corrected chi connectivity index (χ4v) is 4.09. The molecule has 0 radical (unpaired) electrons. The van der Waals surface area contributed by atoms with E-state index in [1.54, 1.807) is 6.08 Å². The van der Waals surface area contributed by atoms with E-state index in [1.165, 1.54) is 6.08 Å². The van der Waals surface area contributed by atoms with Gasteiger partial charge in [0.25, 0.3) is 0 Å². The Morgan fingerprint density at radius 2 is 1.86 bits per heavy atom. The summed E-state index contributed by atoms with van der Waals surface area (Å²) in [5.41, 5.74) is 3.71. The largest absolute Gasteiger partial charge is 0.459 e. The van der Waals surface area contributed by atoms with Crippen molar-refractivity contribution in [2.45, 2.75) is 84.4 Å². The van der Waals surface area contributed by atoms with E-state index in [9.17, 15) is 9.59 Å². The summed E-state index contributed by atoms with van der Waals surface area (Å²) in [6, 6.07) is 4.07. The summed E-state index contributed by atoms with van der Waals surface area (Å²) in [6.07, 6.45) is 4.75. The Morgan fingerprint density at radius 3 is 2.61 bits per heavy atom. The molecule has 0 bridgehead atoms. The highest BCUT2D eigenvalue weighted by atomic mass is 16.8. The van der Waals surface area contributed by atoms with Gasteiger partial charge in [-0.25, -0.2) is 4.79 Å². The van der Waals surface area contributed by atoms with Crippen LogP contribution >= 0.6 is 0 Å². The lowest BCUT2D eigenvalue weighted by molar-refractivity contribution is -0.153. The van der Waals surface area contributed by atoms with Crippen LogP contribution in [-0.2, 0) is 25.4 Å². The van der Waals surface area contributed by atoms with Gasteiger partial charge in [-0.15, -0.1) is 0 Å². The van der Waals surface area contributed by atoms with E-state index in [-0.39, 0.29) is 24.0 Å². The van der Waals surface area contributed by atoms with Gasteiger partial charge in [0, 0.05) is 6.42 Å². The molecule has 5 heteroatoms. The molecule has 0 N–H and O–H groups in total. The SMILES string of the molecule is Cc1cc(C)c2c(c1)CCC[C@@H]1OC(C)(C)O[C@@H]1C(=O)/C=C\C[C@H](C)OC2=O. The van der Waals surface area contributed by atoms with Crippen LogP contribution in [0.15, 0.2) is 24.3 Å². The van der Waals surface area contributed by atoms with Crippen molar-refractivity contribution in [1.29, 1.82) is 0 Å². The van der Waals surface area contributed by atoms with Gasteiger partial charge in [0.1, 0.15) is 12.2 Å². The third-order valence-corrected chi connectivity index (χ3v) is 5.22. The Morgan fingerprint density at radius 1 is 1.11 bits per heavy atom. The zero-order chi connectivity index (χ0) is 20.5. The van der Waals surface area contributed by atoms with Crippen LogP contribution in [0.2, 0.25) is 0 Å². The summed E-state index contributed by atoms with van der Waals surface area (Å²) in [6.45, 7) is 9.49. The Balaban J connectivity index is 1.91. The predicted molar refractivity (Wildman–Crippen MR) is 106 cm³/mol. The van der Waals surface area contributed by atoms with E-state index in [0.29, 0.717) is 18.4 Å². The number of rotatable bonds is 0. The molecule has 0 spiro atoms. The normalized spacial score (nSPS) is 29.4. The van der Waals surface area contributed by atoms with Crippen LogP contribution in [0.5, 0.6) is 0 Å². The molecule has 3 rings (SSSR count). The average Bonchev–Trinajstić information content (AvgIpc) is 2.88. The van der Waals surface area contributed by atoms with Crippen LogP contribution in [-0.4, -0.2) is 35.9 Å². The van der Waals surface area contributed by atoms with Crippen LogP contribution in [0.4, 0.5) is 0 Å². The van der Waals surface area contributed by atoms with Crippen molar-refractivity contribution in [1.82, 2.24) is 0 Å². The Kier molecular flexibility index (Phi) is 6.06. The quantitative estimate of drug-likeness (QED) is 0.625. The molecule has 1 fully saturated rings. The Bertz CT molecular complexity index is 792. The first-order chi connectivity index (χ1) is 13.2. The lowest BCUT2D eigenvalue weighted by Gasteiger charge is -2.19. The molecule has 2 aliphatic rings. The van der Waals surface area contributed by atoms with Crippen LogP contribution < -0.4 is 0 Å². The van der Waals surface area contributed by atoms with Crippen molar-refractivity contribution in [3.63, 3.8) is 0 Å². The molecule has 1 aromatic rings. The van der Waals surface area contributed by atoms with E-state index in [1.807, 2.05) is 40.7 Å². The third-order valence-electron chi connectivity index (χ3n) is 5.22. The number of carbonyl (C=O) groups excluding carboxylic acids is 2. The zero-order valence-corrected chi connectivity index (χ0v) is 17.4. The second-order valence-corrected chi connectivity index (χ2v) is 8.36. The lowest BCUT2D eigenvalue weighted by atomic mass is 9.93. The van der Waals surface area contributed by atoms with Gasteiger partial charge >= 0.3 is 5.97 Å². The first kappa shape index (κ1) is 20.7. The fraction of sp³-hybridized carbons (Fsp3) is 0.565. The number of ether oxygens (including phenoxy) is 3. The van der Waals surface area contributed by atoms with Gasteiger partial charge in [0.2, 0.25) is 0 Å². The van der Waals surface area contributed by atoms with Gasteiger partial charge < -0.3 is 14.2 Å². The van der Waals surface area contributed by atoms with Gasteiger partial charge in [-0.2, -0.15) is 0 Å². The van der Waals surface area contributed by atoms with Gasteiger partial charge in [-0.3, -0.25) is 4.79 Å². The second-order valence-electron chi connectivity index (χ2n) is 8.36. The number of benzene rings is 1. The molecule has 28 heavy (non-hydrogen) atoms. The molecule has 3 atom stereocenters. The summed E-state index contributed by atoms with van der Waals surface area (Å²) in [5, 5.41) is 0. The molecule has 1 aromatic carbocycles. The summed E-state index contributed by atoms with van der Waals surface area (Å²) in [4.78, 5) is 25.4. The molecule has 5 nitrogen and oxygen atoms in total. The maximum absolute atomic E-state index is 12.8. The molecule has 0 amide bonds. The maximum Gasteiger partial charge on any atom is 0.338 e. The van der Waals surface area contributed by atoms with Gasteiger partial charge in [-0.1, -0.05) is 23.8 Å². The van der Waals surface area contributed by atoms with E-state index in [2.05, 4.69) is 6.07 Å². The Hall–Kier alpha value is -1.98. The number of cyclic esters (lactones) is 1. The van der Waals surface area contributed by atoms with Crippen molar-refractivity contribution in [3.8, 4) is 0 Å². The van der Waals surface area contributed by atoms with Crippen molar-refractivity contribution in [2.24, 2.45) is 0 Å². The molecule has 0 aliphatic carbocycles.